The van der Waals surface area contributed by atoms with Gasteiger partial charge < -0.3 is 19.2 Å². The molecule has 0 aliphatic heterocycles. The lowest BCUT2D eigenvalue weighted by atomic mass is 10.2. The number of anilines is 1. The molecule has 2 aromatic carbocycles. The molecule has 0 unspecified atom stereocenters. The number of fused-ring (bicyclic) bond motifs is 1. The quantitative estimate of drug-likeness (QED) is 0.188. The Morgan fingerprint density at radius 2 is 1.97 bits per heavy atom. The maximum absolute atomic E-state index is 12.6. The van der Waals surface area contributed by atoms with Gasteiger partial charge in [0.2, 0.25) is 0 Å². The molecule has 1 amide bonds. The predicted molar refractivity (Wildman–Crippen MR) is 127 cm³/mol. The average molecular weight is 501 g/mol. The van der Waals surface area contributed by atoms with Crippen LogP contribution in [0.1, 0.15) is 31.6 Å². The number of methoxy groups -OCH3 is 1. The van der Waals surface area contributed by atoms with Crippen molar-refractivity contribution >= 4 is 56.3 Å². The minimum atomic E-state index is -0.530. The number of carbonyl (C=O) groups excluding carboxylic acids is 2. The molecule has 4 aromatic rings. The van der Waals surface area contributed by atoms with Crippen molar-refractivity contribution in [3.05, 3.63) is 85.6 Å². The Hall–Kier alpha value is -3.89. The molecule has 0 fully saturated rings. The number of furan rings is 1. The minimum Gasteiger partial charge on any atom is -0.479 e. The molecule has 2 aromatic heterocycles. The van der Waals surface area contributed by atoms with Gasteiger partial charge in [0.1, 0.15) is 17.2 Å². The number of nitro groups is 1. The van der Waals surface area contributed by atoms with E-state index in [4.69, 9.17) is 25.5 Å². The summed E-state index contributed by atoms with van der Waals surface area (Å²) in [7, 11) is 1.28. The largest absolute Gasteiger partial charge is 0.479 e. The number of carbonyl (C=O) groups is 2. The number of halogens is 1. The van der Waals surface area contributed by atoms with Crippen molar-refractivity contribution in [2.75, 3.05) is 12.4 Å². The van der Waals surface area contributed by atoms with Crippen molar-refractivity contribution in [2.45, 2.75) is 13.5 Å². The number of hydrogen-bond donors (Lipinski definition) is 1. The maximum atomic E-state index is 12.6. The van der Waals surface area contributed by atoms with E-state index in [9.17, 15) is 19.7 Å². The summed E-state index contributed by atoms with van der Waals surface area (Å²) in [6.45, 7) is 1.66. The highest BCUT2D eigenvalue weighted by molar-refractivity contribution is 7.21. The Morgan fingerprint density at radius 1 is 1.18 bits per heavy atom. The molecule has 0 aliphatic carbocycles. The molecule has 0 saturated heterocycles. The zero-order chi connectivity index (χ0) is 24.4. The maximum Gasteiger partial charge on any atom is 0.349 e. The van der Waals surface area contributed by atoms with Crippen LogP contribution in [0.2, 0.25) is 5.02 Å². The van der Waals surface area contributed by atoms with Gasteiger partial charge in [-0.15, -0.1) is 11.3 Å². The van der Waals surface area contributed by atoms with Crippen LogP contribution >= 0.6 is 22.9 Å². The monoisotopic (exact) mass is 500 g/mol. The molecular formula is C23H17ClN2O7S. The Bertz CT molecular complexity index is 1430. The van der Waals surface area contributed by atoms with E-state index in [2.05, 4.69) is 5.32 Å². The zero-order valence-electron chi connectivity index (χ0n) is 17.9. The minimum absolute atomic E-state index is 0.0385. The van der Waals surface area contributed by atoms with Gasteiger partial charge in [-0.1, -0.05) is 17.7 Å². The van der Waals surface area contributed by atoms with E-state index in [-0.39, 0.29) is 28.7 Å². The second-order valence-corrected chi connectivity index (χ2v) is 8.61. The summed E-state index contributed by atoms with van der Waals surface area (Å²) in [6, 6.07) is 12.7. The van der Waals surface area contributed by atoms with Crippen molar-refractivity contribution < 1.29 is 28.4 Å². The van der Waals surface area contributed by atoms with Crippen molar-refractivity contribution in [3.8, 4) is 5.75 Å². The van der Waals surface area contributed by atoms with E-state index in [1.165, 1.54) is 25.3 Å². The smallest absolute Gasteiger partial charge is 0.349 e. The van der Waals surface area contributed by atoms with Crippen LogP contribution in [0.5, 0.6) is 5.75 Å². The third-order valence-electron chi connectivity index (χ3n) is 4.82. The summed E-state index contributed by atoms with van der Waals surface area (Å²) in [5.41, 5.74) is 1.07. The summed E-state index contributed by atoms with van der Waals surface area (Å²) >= 11 is 7.41. The van der Waals surface area contributed by atoms with E-state index < -0.39 is 16.8 Å². The van der Waals surface area contributed by atoms with Crippen LogP contribution in [-0.4, -0.2) is 23.9 Å². The van der Waals surface area contributed by atoms with Gasteiger partial charge in [-0.3, -0.25) is 14.9 Å². The molecule has 1 N–H and O–H groups in total. The number of nitrogens with zero attached hydrogens (tertiary/aromatic N) is 1. The summed E-state index contributed by atoms with van der Waals surface area (Å²) in [4.78, 5) is 35.4. The lowest BCUT2D eigenvalue weighted by Crippen LogP contribution is -2.10. The van der Waals surface area contributed by atoms with Crippen LogP contribution in [0, 0.1) is 17.0 Å². The van der Waals surface area contributed by atoms with Crippen molar-refractivity contribution in [3.63, 3.8) is 0 Å². The van der Waals surface area contributed by atoms with E-state index >= 15 is 0 Å². The van der Waals surface area contributed by atoms with Crippen LogP contribution in [0.4, 0.5) is 11.4 Å². The number of esters is 1. The highest BCUT2D eigenvalue weighted by atomic mass is 35.5. The number of rotatable bonds is 7. The number of nitrogens with one attached hydrogen (secondary N) is 1. The lowest BCUT2D eigenvalue weighted by molar-refractivity contribution is -0.386. The second-order valence-electron chi connectivity index (χ2n) is 7.18. The molecule has 0 spiro atoms. The van der Waals surface area contributed by atoms with E-state index in [1.807, 2.05) is 0 Å². The number of ether oxygens (including phenoxy) is 2. The summed E-state index contributed by atoms with van der Waals surface area (Å²) < 4.78 is 16.5. The van der Waals surface area contributed by atoms with Crippen LogP contribution in [0.25, 0.3) is 10.1 Å². The van der Waals surface area contributed by atoms with Gasteiger partial charge in [-0.05, 0) is 48.9 Å². The van der Waals surface area contributed by atoms with Gasteiger partial charge >= 0.3 is 11.7 Å². The molecule has 34 heavy (non-hydrogen) atoms. The number of hydrogen-bond acceptors (Lipinski definition) is 8. The molecule has 0 radical (unpaired) electrons. The van der Waals surface area contributed by atoms with Gasteiger partial charge in [0.05, 0.1) is 17.1 Å². The standard InChI is InChI=1S/C23H17ClN2O7S/c1-12-3-7-17(16(9-12)26(29)30)32-11-14-5-8-18(33-14)22(27)25-13-4-6-15-19(10-13)34-21(20(15)24)23(28)31-2/h3-10H,11H2,1-2H3,(H,25,27). The number of amides is 1. The summed E-state index contributed by atoms with van der Waals surface area (Å²) in [5.74, 6) is -0.562. The van der Waals surface area contributed by atoms with E-state index in [0.29, 0.717) is 26.6 Å². The fraction of sp³-hybridized carbons (Fsp3) is 0.130. The fourth-order valence-electron chi connectivity index (χ4n) is 3.18. The highest BCUT2D eigenvalue weighted by Gasteiger charge is 2.19. The first-order chi connectivity index (χ1) is 16.3. The van der Waals surface area contributed by atoms with Gasteiger partial charge in [-0.25, -0.2) is 4.79 Å². The first-order valence-corrected chi connectivity index (χ1v) is 11.0. The third kappa shape index (κ3) is 4.73. The molecule has 4 rings (SSSR count). The highest BCUT2D eigenvalue weighted by Crippen LogP contribution is 2.37. The summed E-state index contributed by atoms with van der Waals surface area (Å²) in [5, 5.41) is 14.9. The molecule has 9 nitrogen and oxygen atoms in total. The SMILES string of the molecule is COC(=O)c1sc2cc(NC(=O)c3ccc(COc4ccc(C)cc4[N+](=O)[O-])o3)ccc2c1Cl. The molecule has 0 bridgehead atoms. The van der Waals surface area contributed by atoms with Gasteiger partial charge in [0.25, 0.3) is 5.91 Å². The summed E-state index contributed by atoms with van der Waals surface area (Å²) in [6.07, 6.45) is 0. The second kappa shape index (κ2) is 9.54. The topological polar surface area (TPSA) is 121 Å². The first kappa shape index (κ1) is 23.3. The van der Waals surface area contributed by atoms with E-state index in [0.717, 1.165) is 16.9 Å². The Morgan fingerprint density at radius 3 is 2.71 bits per heavy atom. The molecule has 0 aliphatic rings. The number of thiophene rings is 1. The van der Waals surface area contributed by atoms with Gasteiger partial charge in [-0.2, -0.15) is 0 Å². The molecular weight excluding hydrogens is 484 g/mol. The fourth-order valence-corrected chi connectivity index (χ4v) is 4.64. The first-order valence-electron chi connectivity index (χ1n) is 9.85. The Labute approximate surface area is 202 Å². The van der Waals surface area contributed by atoms with Crippen LogP contribution < -0.4 is 10.1 Å². The van der Waals surface area contributed by atoms with Crippen molar-refractivity contribution in [2.24, 2.45) is 0 Å². The zero-order valence-corrected chi connectivity index (χ0v) is 19.5. The third-order valence-corrected chi connectivity index (χ3v) is 6.46. The Balaban J connectivity index is 1.45. The molecule has 0 atom stereocenters. The Kier molecular flexibility index (Phi) is 6.53. The van der Waals surface area contributed by atoms with Crippen LogP contribution in [0.3, 0.4) is 0 Å². The van der Waals surface area contributed by atoms with Crippen LogP contribution in [-0.2, 0) is 11.3 Å². The predicted octanol–water partition coefficient (Wildman–Crippen LogP) is 5.98. The number of aryl methyl sites for hydroxylation is 1. The lowest BCUT2D eigenvalue weighted by Gasteiger charge is -2.06. The molecule has 0 saturated carbocycles. The number of benzene rings is 2. The molecule has 2 heterocycles. The van der Waals surface area contributed by atoms with Crippen molar-refractivity contribution in [1.82, 2.24) is 0 Å². The van der Waals surface area contributed by atoms with Gasteiger partial charge in [0.15, 0.2) is 11.5 Å². The normalized spacial score (nSPS) is 10.8. The average Bonchev–Trinajstić information content (AvgIpc) is 3.42. The van der Waals surface area contributed by atoms with E-state index in [1.54, 1.807) is 37.3 Å². The molecule has 174 valence electrons. The molecule has 11 heteroatoms. The van der Waals surface area contributed by atoms with Crippen molar-refractivity contribution in [1.29, 1.82) is 0 Å². The van der Waals surface area contributed by atoms with Gasteiger partial charge in [0, 0.05) is 21.8 Å². The number of nitro benzene ring substituents is 1. The van der Waals surface area contributed by atoms with Crippen LogP contribution in [0.15, 0.2) is 52.9 Å².